The van der Waals surface area contributed by atoms with Crippen molar-refractivity contribution in [1.29, 1.82) is 5.41 Å². The number of anilines is 1. The Morgan fingerprint density at radius 3 is 2.95 bits per heavy atom. The van der Waals surface area contributed by atoms with E-state index in [2.05, 4.69) is 15.9 Å². The number of nitrogen functional groups attached to an aromatic ring is 1. The lowest BCUT2D eigenvalue weighted by molar-refractivity contribution is 0.116. The van der Waals surface area contributed by atoms with Crippen LogP contribution in [0.1, 0.15) is 18.4 Å². The minimum atomic E-state index is -0.395. The molecule has 19 heavy (non-hydrogen) atoms. The molecule has 1 atom stereocenters. The van der Waals surface area contributed by atoms with Gasteiger partial charge in [-0.1, -0.05) is 0 Å². The molecule has 0 aromatic heterocycles. The summed E-state index contributed by atoms with van der Waals surface area (Å²) in [5.41, 5.74) is 6.24. The third-order valence-corrected chi connectivity index (χ3v) is 4.04. The second-order valence-corrected chi connectivity index (χ2v) is 5.48. The SMILES string of the molecule is CN(CC1CCCO1)c1ccc(C(=N)N)c(Br)c1F. The summed E-state index contributed by atoms with van der Waals surface area (Å²) in [6.45, 7) is 1.44. The number of rotatable bonds is 4. The Morgan fingerprint density at radius 1 is 1.63 bits per heavy atom. The van der Waals surface area contributed by atoms with Crippen molar-refractivity contribution in [3.63, 3.8) is 0 Å². The normalized spacial score (nSPS) is 18.6. The van der Waals surface area contributed by atoms with Crippen LogP contribution in [0.4, 0.5) is 10.1 Å². The molecule has 1 unspecified atom stereocenters. The van der Waals surface area contributed by atoms with Crippen LogP contribution < -0.4 is 10.6 Å². The molecule has 1 aliphatic rings. The number of nitrogens with zero attached hydrogens (tertiary/aromatic N) is 1. The zero-order valence-electron chi connectivity index (χ0n) is 10.7. The first-order valence-electron chi connectivity index (χ1n) is 6.16. The number of hydrogen-bond donors (Lipinski definition) is 2. The van der Waals surface area contributed by atoms with E-state index < -0.39 is 5.82 Å². The maximum absolute atomic E-state index is 14.3. The number of likely N-dealkylation sites (N-methyl/N-ethyl adjacent to an activating group) is 1. The second kappa shape index (κ2) is 5.88. The highest BCUT2D eigenvalue weighted by Gasteiger charge is 2.21. The van der Waals surface area contributed by atoms with Crippen LogP contribution >= 0.6 is 15.9 Å². The predicted molar refractivity (Wildman–Crippen MR) is 77.4 cm³/mol. The summed E-state index contributed by atoms with van der Waals surface area (Å²) in [7, 11) is 1.83. The van der Waals surface area contributed by atoms with Crippen molar-refractivity contribution in [3.8, 4) is 0 Å². The van der Waals surface area contributed by atoms with Gasteiger partial charge in [-0.05, 0) is 40.9 Å². The molecule has 4 nitrogen and oxygen atoms in total. The molecule has 1 fully saturated rings. The number of halogens is 2. The van der Waals surface area contributed by atoms with Crippen molar-refractivity contribution in [1.82, 2.24) is 0 Å². The van der Waals surface area contributed by atoms with E-state index in [4.69, 9.17) is 15.9 Å². The topological polar surface area (TPSA) is 62.3 Å². The molecule has 0 radical (unpaired) electrons. The molecule has 0 saturated carbocycles. The second-order valence-electron chi connectivity index (χ2n) is 4.69. The molecule has 0 aliphatic carbocycles. The minimum absolute atomic E-state index is 0.154. The van der Waals surface area contributed by atoms with Crippen molar-refractivity contribution in [3.05, 3.63) is 28.0 Å². The molecule has 1 aliphatic heterocycles. The Bertz CT molecular complexity index is 489. The van der Waals surface area contributed by atoms with Gasteiger partial charge in [-0.2, -0.15) is 0 Å². The molecule has 1 aromatic carbocycles. The average molecular weight is 330 g/mol. The first-order valence-corrected chi connectivity index (χ1v) is 6.95. The summed E-state index contributed by atoms with van der Waals surface area (Å²) in [6.07, 6.45) is 2.24. The maximum Gasteiger partial charge on any atom is 0.161 e. The zero-order chi connectivity index (χ0) is 14.0. The average Bonchev–Trinajstić information content (AvgIpc) is 2.84. The molecular weight excluding hydrogens is 313 g/mol. The van der Waals surface area contributed by atoms with Crippen LogP contribution in [0, 0.1) is 11.2 Å². The van der Waals surface area contributed by atoms with Crippen molar-refractivity contribution < 1.29 is 9.13 Å². The lowest BCUT2D eigenvalue weighted by Gasteiger charge is -2.24. The standard InChI is InChI=1S/C13H17BrFN3O/c1-18(7-8-3-2-6-19-8)10-5-4-9(13(16)17)11(14)12(10)15/h4-5,8H,2-3,6-7H2,1H3,(H3,16,17). The van der Waals surface area contributed by atoms with E-state index in [1.54, 1.807) is 12.1 Å². The Hall–Kier alpha value is -1.14. The van der Waals surface area contributed by atoms with Crippen LogP contribution in [0.3, 0.4) is 0 Å². The summed E-state index contributed by atoms with van der Waals surface area (Å²) < 4.78 is 20.0. The molecule has 104 valence electrons. The fourth-order valence-electron chi connectivity index (χ4n) is 2.23. The third kappa shape index (κ3) is 3.06. The quantitative estimate of drug-likeness (QED) is 0.659. The van der Waals surface area contributed by atoms with Crippen LogP contribution in [0.25, 0.3) is 0 Å². The van der Waals surface area contributed by atoms with Gasteiger partial charge < -0.3 is 15.4 Å². The molecule has 0 amide bonds. The van der Waals surface area contributed by atoms with Gasteiger partial charge in [-0.25, -0.2) is 4.39 Å². The van der Waals surface area contributed by atoms with Gasteiger partial charge in [0.25, 0.3) is 0 Å². The fourth-order valence-corrected chi connectivity index (χ4v) is 2.78. The first-order chi connectivity index (χ1) is 9.00. The van der Waals surface area contributed by atoms with Gasteiger partial charge in [-0.15, -0.1) is 0 Å². The summed E-state index contributed by atoms with van der Waals surface area (Å²) in [4.78, 5) is 1.83. The number of hydrogen-bond acceptors (Lipinski definition) is 3. The molecule has 2 rings (SSSR count). The van der Waals surface area contributed by atoms with Crippen LogP contribution in [0.2, 0.25) is 0 Å². The molecule has 3 N–H and O–H groups in total. The van der Waals surface area contributed by atoms with E-state index in [1.165, 1.54) is 0 Å². The monoisotopic (exact) mass is 329 g/mol. The lowest BCUT2D eigenvalue weighted by atomic mass is 10.1. The number of amidine groups is 1. The van der Waals surface area contributed by atoms with Gasteiger partial charge in [0, 0.05) is 25.8 Å². The van der Waals surface area contributed by atoms with Crippen molar-refractivity contribution in [2.24, 2.45) is 5.73 Å². The molecule has 1 heterocycles. The Morgan fingerprint density at radius 2 is 2.37 bits per heavy atom. The van der Waals surface area contributed by atoms with Gasteiger partial charge in [0.15, 0.2) is 5.82 Å². The van der Waals surface area contributed by atoms with Crippen molar-refractivity contribution in [2.75, 3.05) is 25.1 Å². The summed E-state index contributed by atoms with van der Waals surface area (Å²) in [5.74, 6) is -0.549. The van der Waals surface area contributed by atoms with Crippen LogP contribution in [-0.4, -0.2) is 32.1 Å². The number of benzene rings is 1. The predicted octanol–water partition coefficient (Wildman–Crippen LogP) is 2.49. The van der Waals surface area contributed by atoms with Gasteiger partial charge in [-0.3, -0.25) is 5.41 Å². The smallest absolute Gasteiger partial charge is 0.161 e. The van der Waals surface area contributed by atoms with Gasteiger partial charge in [0.2, 0.25) is 0 Å². The highest BCUT2D eigenvalue weighted by atomic mass is 79.9. The zero-order valence-corrected chi connectivity index (χ0v) is 12.3. The highest BCUT2D eigenvalue weighted by Crippen LogP contribution is 2.29. The van der Waals surface area contributed by atoms with E-state index in [0.29, 0.717) is 17.8 Å². The lowest BCUT2D eigenvalue weighted by Crippen LogP contribution is -2.29. The van der Waals surface area contributed by atoms with E-state index >= 15 is 0 Å². The first kappa shape index (κ1) is 14.3. The molecule has 0 bridgehead atoms. The molecule has 0 spiro atoms. The Kier molecular flexibility index (Phi) is 4.42. The molecule has 1 aromatic rings. The van der Waals surface area contributed by atoms with E-state index in [9.17, 15) is 4.39 Å². The van der Waals surface area contributed by atoms with Gasteiger partial charge in [0.1, 0.15) is 5.84 Å². The van der Waals surface area contributed by atoms with Crippen LogP contribution in [0.5, 0.6) is 0 Å². The third-order valence-electron chi connectivity index (χ3n) is 3.26. The fraction of sp³-hybridized carbons (Fsp3) is 0.462. The Labute approximate surface area is 120 Å². The van der Waals surface area contributed by atoms with Crippen LogP contribution in [0.15, 0.2) is 16.6 Å². The number of ether oxygens (including phenoxy) is 1. The van der Waals surface area contributed by atoms with E-state index in [1.807, 2.05) is 11.9 Å². The largest absolute Gasteiger partial charge is 0.384 e. The molecular formula is C13H17BrFN3O. The van der Waals surface area contributed by atoms with Crippen LogP contribution in [-0.2, 0) is 4.74 Å². The van der Waals surface area contributed by atoms with Gasteiger partial charge in [0.05, 0.1) is 16.3 Å². The van der Waals surface area contributed by atoms with Gasteiger partial charge >= 0.3 is 0 Å². The molecule has 1 saturated heterocycles. The van der Waals surface area contributed by atoms with Crippen molar-refractivity contribution >= 4 is 27.5 Å². The number of nitrogens with one attached hydrogen (secondary N) is 1. The van der Waals surface area contributed by atoms with Crippen molar-refractivity contribution in [2.45, 2.75) is 18.9 Å². The molecule has 6 heteroatoms. The summed E-state index contributed by atoms with van der Waals surface area (Å²) >= 11 is 3.16. The van der Waals surface area contributed by atoms with E-state index in [0.717, 1.165) is 19.4 Å². The summed E-state index contributed by atoms with van der Waals surface area (Å²) in [5, 5.41) is 7.38. The number of nitrogens with two attached hydrogens (primary N) is 1. The minimum Gasteiger partial charge on any atom is -0.384 e. The highest BCUT2D eigenvalue weighted by molar-refractivity contribution is 9.10. The summed E-state index contributed by atoms with van der Waals surface area (Å²) in [6, 6.07) is 3.29. The van der Waals surface area contributed by atoms with E-state index in [-0.39, 0.29) is 16.4 Å². The maximum atomic E-state index is 14.3. The Balaban J connectivity index is 2.19.